The molecule has 0 saturated heterocycles. The topological polar surface area (TPSA) is 92.4 Å². The first-order valence-corrected chi connectivity index (χ1v) is 7.16. The van der Waals surface area contributed by atoms with E-state index >= 15 is 0 Å². The van der Waals surface area contributed by atoms with E-state index in [1.54, 1.807) is 24.3 Å². The first-order valence-electron chi connectivity index (χ1n) is 6.79. The van der Waals surface area contributed by atoms with Crippen LogP contribution in [0, 0.1) is 0 Å². The highest BCUT2D eigenvalue weighted by Crippen LogP contribution is 2.23. The average molecular weight is 323 g/mol. The Balaban J connectivity index is 1.88. The maximum absolute atomic E-state index is 11.9. The molecule has 116 valence electrons. The maximum Gasteiger partial charge on any atom is 0.303 e. The van der Waals surface area contributed by atoms with E-state index in [1.165, 1.54) is 6.07 Å². The largest absolute Gasteiger partial charge is 0.481 e. The molecule has 0 fully saturated rings. The number of carbonyl (C=O) groups excluding carboxylic acids is 1. The summed E-state index contributed by atoms with van der Waals surface area (Å²) >= 11 is 5.90. The zero-order chi connectivity index (χ0) is 15.9. The van der Waals surface area contributed by atoms with Crippen LogP contribution in [0.2, 0.25) is 5.02 Å². The molecule has 0 aliphatic heterocycles. The van der Waals surface area contributed by atoms with E-state index in [-0.39, 0.29) is 18.0 Å². The molecule has 7 heteroatoms. The van der Waals surface area contributed by atoms with Crippen molar-refractivity contribution in [1.29, 1.82) is 0 Å². The molecule has 0 aliphatic carbocycles. The zero-order valence-electron chi connectivity index (χ0n) is 11.7. The van der Waals surface area contributed by atoms with Crippen molar-refractivity contribution in [2.75, 3.05) is 6.54 Å². The highest BCUT2D eigenvalue weighted by atomic mass is 35.5. The number of unbranched alkanes of at least 4 members (excludes halogenated alkanes) is 1. The summed E-state index contributed by atoms with van der Waals surface area (Å²) in [6.07, 6.45) is 1.21. The first-order chi connectivity index (χ1) is 10.6. The molecule has 1 heterocycles. The van der Waals surface area contributed by atoms with E-state index in [1.807, 2.05) is 0 Å². The van der Waals surface area contributed by atoms with Gasteiger partial charge in [-0.2, -0.15) is 0 Å². The smallest absolute Gasteiger partial charge is 0.303 e. The van der Waals surface area contributed by atoms with Gasteiger partial charge >= 0.3 is 5.97 Å². The van der Waals surface area contributed by atoms with Gasteiger partial charge in [0.15, 0.2) is 11.5 Å². The number of halogens is 1. The minimum atomic E-state index is -0.839. The molecular weight excluding hydrogens is 308 g/mol. The van der Waals surface area contributed by atoms with E-state index in [2.05, 4.69) is 10.5 Å². The van der Waals surface area contributed by atoms with Crippen molar-refractivity contribution in [1.82, 2.24) is 10.5 Å². The minimum Gasteiger partial charge on any atom is -0.481 e. The van der Waals surface area contributed by atoms with Gasteiger partial charge in [0.2, 0.25) is 0 Å². The number of amides is 1. The molecule has 22 heavy (non-hydrogen) atoms. The molecule has 0 bridgehead atoms. The quantitative estimate of drug-likeness (QED) is 0.764. The summed E-state index contributed by atoms with van der Waals surface area (Å²) in [5.74, 6) is -0.736. The van der Waals surface area contributed by atoms with Crippen LogP contribution in [0.5, 0.6) is 0 Å². The molecule has 1 amide bonds. The fourth-order valence-corrected chi connectivity index (χ4v) is 2.04. The van der Waals surface area contributed by atoms with Crippen molar-refractivity contribution in [3.63, 3.8) is 0 Å². The Kier molecular flexibility index (Phi) is 5.55. The molecule has 0 spiro atoms. The molecule has 2 aromatic rings. The standard InChI is InChI=1S/C15H15ClN2O4/c16-11-5-3-4-10(8-11)13-9-12(18-22-13)15(21)17-7-2-1-6-14(19)20/h3-5,8-9H,1-2,6-7H2,(H,17,21)(H,19,20). The van der Waals surface area contributed by atoms with Gasteiger partial charge in [0.05, 0.1) is 0 Å². The van der Waals surface area contributed by atoms with E-state index in [0.717, 1.165) is 5.56 Å². The van der Waals surface area contributed by atoms with Crippen LogP contribution >= 0.6 is 11.6 Å². The van der Waals surface area contributed by atoms with Crippen LogP contribution < -0.4 is 5.32 Å². The second-order valence-corrected chi connectivity index (χ2v) is 5.13. The van der Waals surface area contributed by atoms with Gasteiger partial charge in [-0.3, -0.25) is 9.59 Å². The van der Waals surface area contributed by atoms with Gasteiger partial charge in [-0.1, -0.05) is 28.9 Å². The molecule has 0 radical (unpaired) electrons. The van der Waals surface area contributed by atoms with Crippen LogP contribution in [-0.4, -0.2) is 28.7 Å². The van der Waals surface area contributed by atoms with Crippen molar-refractivity contribution in [2.45, 2.75) is 19.3 Å². The van der Waals surface area contributed by atoms with E-state index < -0.39 is 5.97 Å². The highest BCUT2D eigenvalue weighted by Gasteiger charge is 2.13. The number of carboxylic acid groups (broad SMARTS) is 1. The van der Waals surface area contributed by atoms with Gasteiger partial charge < -0.3 is 14.9 Å². The van der Waals surface area contributed by atoms with Crippen molar-refractivity contribution < 1.29 is 19.2 Å². The second kappa shape index (κ2) is 7.61. The van der Waals surface area contributed by atoms with Gasteiger partial charge in [0, 0.05) is 29.6 Å². The Morgan fingerprint density at radius 1 is 1.27 bits per heavy atom. The van der Waals surface area contributed by atoms with Crippen molar-refractivity contribution >= 4 is 23.5 Å². The Morgan fingerprint density at radius 2 is 2.09 bits per heavy atom. The summed E-state index contributed by atoms with van der Waals surface area (Å²) < 4.78 is 5.14. The number of nitrogens with one attached hydrogen (secondary N) is 1. The zero-order valence-corrected chi connectivity index (χ0v) is 12.5. The summed E-state index contributed by atoms with van der Waals surface area (Å²) in [6, 6.07) is 8.59. The Bertz CT molecular complexity index is 669. The number of carbonyl (C=O) groups is 2. The lowest BCUT2D eigenvalue weighted by Crippen LogP contribution is -2.24. The first kappa shape index (κ1) is 16.0. The summed E-state index contributed by atoms with van der Waals surface area (Å²) in [5.41, 5.74) is 0.911. The SMILES string of the molecule is O=C(O)CCCCNC(=O)c1cc(-c2cccc(Cl)c2)on1. The molecule has 1 aromatic heterocycles. The monoisotopic (exact) mass is 322 g/mol. The predicted molar refractivity (Wildman–Crippen MR) is 80.8 cm³/mol. The third-order valence-electron chi connectivity index (χ3n) is 2.95. The molecule has 0 atom stereocenters. The Labute approximate surface area is 132 Å². The van der Waals surface area contributed by atoms with Gasteiger partial charge in [0.25, 0.3) is 5.91 Å². The molecule has 0 unspecified atom stereocenters. The number of aliphatic carboxylic acids is 1. The fourth-order valence-electron chi connectivity index (χ4n) is 1.85. The Morgan fingerprint density at radius 3 is 2.82 bits per heavy atom. The molecular formula is C15H15ClN2O4. The summed E-state index contributed by atoms with van der Waals surface area (Å²) in [4.78, 5) is 22.2. The number of nitrogens with zero attached hydrogens (tertiary/aromatic N) is 1. The molecule has 6 nitrogen and oxygen atoms in total. The molecule has 0 aliphatic rings. The van der Waals surface area contributed by atoms with Crippen molar-refractivity contribution in [3.05, 3.63) is 41.0 Å². The normalized spacial score (nSPS) is 10.4. The lowest BCUT2D eigenvalue weighted by Gasteiger charge is -2.01. The van der Waals surface area contributed by atoms with E-state index in [0.29, 0.717) is 30.2 Å². The number of rotatable bonds is 7. The van der Waals surface area contributed by atoms with Crippen LogP contribution in [0.4, 0.5) is 0 Å². The number of hydrogen-bond acceptors (Lipinski definition) is 4. The third-order valence-corrected chi connectivity index (χ3v) is 3.19. The lowest BCUT2D eigenvalue weighted by molar-refractivity contribution is -0.137. The number of hydrogen-bond donors (Lipinski definition) is 2. The van der Waals surface area contributed by atoms with E-state index in [4.69, 9.17) is 21.2 Å². The average Bonchev–Trinajstić information content (AvgIpc) is 2.96. The van der Waals surface area contributed by atoms with Crippen LogP contribution in [0.3, 0.4) is 0 Å². The van der Waals surface area contributed by atoms with Gasteiger partial charge in [-0.25, -0.2) is 0 Å². The number of carboxylic acids is 1. The van der Waals surface area contributed by atoms with Gasteiger partial charge in [-0.15, -0.1) is 0 Å². The Hall–Kier alpha value is -2.34. The fraction of sp³-hybridized carbons (Fsp3) is 0.267. The van der Waals surface area contributed by atoms with Crippen LogP contribution in [0.1, 0.15) is 29.8 Å². The number of benzene rings is 1. The number of aromatic nitrogens is 1. The summed E-state index contributed by atoms with van der Waals surface area (Å²) in [6.45, 7) is 0.394. The van der Waals surface area contributed by atoms with E-state index in [9.17, 15) is 9.59 Å². The summed E-state index contributed by atoms with van der Waals surface area (Å²) in [7, 11) is 0. The maximum atomic E-state index is 11.9. The third kappa shape index (κ3) is 4.60. The van der Waals surface area contributed by atoms with Crippen molar-refractivity contribution in [2.24, 2.45) is 0 Å². The molecule has 0 saturated carbocycles. The van der Waals surface area contributed by atoms with Gasteiger partial charge in [-0.05, 0) is 25.0 Å². The van der Waals surface area contributed by atoms with Crippen LogP contribution in [0.25, 0.3) is 11.3 Å². The molecule has 1 aromatic carbocycles. The lowest BCUT2D eigenvalue weighted by atomic mass is 10.1. The summed E-state index contributed by atoms with van der Waals surface area (Å²) in [5, 5.41) is 15.5. The van der Waals surface area contributed by atoms with Gasteiger partial charge in [0.1, 0.15) is 0 Å². The van der Waals surface area contributed by atoms with Crippen molar-refractivity contribution in [3.8, 4) is 11.3 Å². The molecule has 2 rings (SSSR count). The molecule has 2 N–H and O–H groups in total. The highest BCUT2D eigenvalue weighted by molar-refractivity contribution is 6.30. The predicted octanol–water partition coefficient (Wildman–Crippen LogP) is 2.98. The minimum absolute atomic E-state index is 0.0960. The second-order valence-electron chi connectivity index (χ2n) is 4.69. The van der Waals surface area contributed by atoms with Crippen LogP contribution in [0.15, 0.2) is 34.9 Å². The van der Waals surface area contributed by atoms with Crippen LogP contribution in [-0.2, 0) is 4.79 Å².